The fourth-order valence-electron chi connectivity index (χ4n) is 2.02. The fourth-order valence-corrected chi connectivity index (χ4v) is 2.02. The molecule has 0 saturated carbocycles. The number of nitrogens with zero attached hydrogens (tertiary/aromatic N) is 1. The number of Topliss-reactive ketones (excluding diaryl/α,β-unsaturated/α-hetero) is 1. The lowest BCUT2D eigenvalue weighted by atomic mass is 10.0. The molecule has 1 N–H and O–H groups in total. The molecule has 0 fully saturated rings. The lowest BCUT2D eigenvalue weighted by Gasteiger charge is -2.19. The molecule has 0 unspecified atom stereocenters. The van der Waals surface area contributed by atoms with E-state index in [-0.39, 0.29) is 31.1 Å². The van der Waals surface area contributed by atoms with E-state index in [4.69, 9.17) is 5.11 Å². The average molecular weight is 277 g/mol. The Labute approximate surface area is 120 Å². The van der Waals surface area contributed by atoms with Gasteiger partial charge in [0.05, 0.1) is 6.61 Å². The number of aliphatic hydroxyl groups is 1. The zero-order chi connectivity index (χ0) is 15.1. The van der Waals surface area contributed by atoms with Gasteiger partial charge >= 0.3 is 0 Å². The molecule has 0 heterocycles. The van der Waals surface area contributed by atoms with Gasteiger partial charge in [0.1, 0.15) is 0 Å². The SMILES string of the molecule is CCN(CCO)C(=O)CCC(=O)c1ccc(C)c(C)c1. The summed E-state index contributed by atoms with van der Waals surface area (Å²) in [5.74, 6) is -0.0970. The van der Waals surface area contributed by atoms with Crippen molar-refractivity contribution in [2.24, 2.45) is 0 Å². The van der Waals surface area contributed by atoms with Crippen molar-refractivity contribution in [2.45, 2.75) is 33.6 Å². The molecule has 1 aromatic rings. The zero-order valence-corrected chi connectivity index (χ0v) is 12.5. The third-order valence-corrected chi connectivity index (χ3v) is 3.50. The number of rotatable bonds is 7. The molecule has 110 valence electrons. The van der Waals surface area contributed by atoms with Crippen molar-refractivity contribution in [1.82, 2.24) is 4.90 Å². The van der Waals surface area contributed by atoms with Gasteiger partial charge in [0.15, 0.2) is 5.78 Å². The van der Waals surface area contributed by atoms with Gasteiger partial charge in [-0.2, -0.15) is 0 Å². The highest BCUT2D eigenvalue weighted by Crippen LogP contribution is 2.13. The van der Waals surface area contributed by atoms with Crippen LogP contribution < -0.4 is 0 Å². The van der Waals surface area contributed by atoms with E-state index in [1.165, 1.54) is 0 Å². The first-order chi connectivity index (χ1) is 9.49. The molecular weight excluding hydrogens is 254 g/mol. The molecule has 4 nitrogen and oxygen atoms in total. The van der Waals surface area contributed by atoms with Crippen molar-refractivity contribution in [1.29, 1.82) is 0 Å². The van der Waals surface area contributed by atoms with Crippen molar-refractivity contribution < 1.29 is 14.7 Å². The minimum absolute atomic E-state index is 0.0125. The van der Waals surface area contributed by atoms with Crippen LogP contribution in [0.25, 0.3) is 0 Å². The van der Waals surface area contributed by atoms with Crippen LogP contribution in [0, 0.1) is 13.8 Å². The van der Waals surface area contributed by atoms with E-state index in [0.717, 1.165) is 11.1 Å². The Morgan fingerprint density at radius 2 is 1.85 bits per heavy atom. The van der Waals surface area contributed by atoms with Crippen LogP contribution in [-0.4, -0.2) is 41.4 Å². The molecule has 0 aliphatic carbocycles. The van der Waals surface area contributed by atoms with Gasteiger partial charge in [0, 0.05) is 31.5 Å². The summed E-state index contributed by atoms with van der Waals surface area (Å²) in [6.07, 6.45) is 0.406. The van der Waals surface area contributed by atoms with Crippen molar-refractivity contribution in [3.05, 3.63) is 34.9 Å². The largest absolute Gasteiger partial charge is 0.395 e. The van der Waals surface area contributed by atoms with Crippen LogP contribution in [-0.2, 0) is 4.79 Å². The summed E-state index contributed by atoms with van der Waals surface area (Å²) >= 11 is 0. The molecule has 4 heteroatoms. The van der Waals surface area contributed by atoms with Gasteiger partial charge in [-0.15, -0.1) is 0 Å². The van der Waals surface area contributed by atoms with E-state index < -0.39 is 0 Å². The molecule has 0 bridgehead atoms. The first-order valence-corrected chi connectivity index (χ1v) is 6.98. The van der Waals surface area contributed by atoms with Crippen molar-refractivity contribution in [2.75, 3.05) is 19.7 Å². The fraction of sp³-hybridized carbons (Fsp3) is 0.500. The molecule has 0 radical (unpaired) electrons. The van der Waals surface area contributed by atoms with E-state index in [2.05, 4.69) is 0 Å². The van der Waals surface area contributed by atoms with Gasteiger partial charge in [-0.25, -0.2) is 0 Å². The topological polar surface area (TPSA) is 57.6 Å². The summed E-state index contributed by atoms with van der Waals surface area (Å²) in [6.45, 7) is 6.66. The molecule has 0 aromatic heterocycles. The number of carbonyl (C=O) groups excluding carboxylic acids is 2. The Morgan fingerprint density at radius 3 is 2.40 bits per heavy atom. The molecule has 1 amide bonds. The maximum Gasteiger partial charge on any atom is 0.223 e. The monoisotopic (exact) mass is 277 g/mol. The van der Waals surface area contributed by atoms with Gasteiger partial charge in [-0.1, -0.05) is 12.1 Å². The second-order valence-corrected chi connectivity index (χ2v) is 4.92. The predicted octanol–water partition coefficient (Wildman–Crippen LogP) is 2.11. The average Bonchev–Trinajstić information content (AvgIpc) is 2.44. The van der Waals surface area contributed by atoms with Crippen LogP contribution in [0.1, 0.15) is 41.3 Å². The number of likely N-dealkylation sites (N-methyl/N-ethyl adjacent to an activating group) is 1. The number of ketones is 1. The van der Waals surface area contributed by atoms with E-state index in [9.17, 15) is 9.59 Å². The number of benzene rings is 1. The summed E-state index contributed by atoms with van der Waals surface area (Å²) in [4.78, 5) is 25.5. The van der Waals surface area contributed by atoms with Crippen LogP contribution >= 0.6 is 0 Å². The number of carbonyl (C=O) groups is 2. The third kappa shape index (κ3) is 4.46. The normalized spacial score (nSPS) is 10.4. The van der Waals surface area contributed by atoms with Crippen LogP contribution in [0.2, 0.25) is 0 Å². The molecule has 0 aliphatic heterocycles. The number of aryl methyl sites for hydroxylation is 2. The number of hydrogen-bond acceptors (Lipinski definition) is 3. The number of aliphatic hydroxyl groups excluding tert-OH is 1. The highest BCUT2D eigenvalue weighted by atomic mass is 16.3. The molecule has 0 atom stereocenters. The quantitative estimate of drug-likeness (QED) is 0.777. The molecular formula is C16H23NO3. The van der Waals surface area contributed by atoms with E-state index in [1.54, 1.807) is 11.0 Å². The molecule has 0 aliphatic rings. The first-order valence-electron chi connectivity index (χ1n) is 6.98. The smallest absolute Gasteiger partial charge is 0.223 e. The summed E-state index contributed by atoms with van der Waals surface area (Å²) in [6, 6.07) is 5.60. The Bertz CT molecular complexity index is 483. The zero-order valence-electron chi connectivity index (χ0n) is 12.5. The highest BCUT2D eigenvalue weighted by molar-refractivity contribution is 5.98. The lowest BCUT2D eigenvalue weighted by Crippen LogP contribution is -2.33. The minimum atomic E-state index is -0.0845. The van der Waals surface area contributed by atoms with Gasteiger partial charge in [-0.05, 0) is 38.0 Å². The molecule has 20 heavy (non-hydrogen) atoms. The summed E-state index contributed by atoms with van der Waals surface area (Å²) in [5, 5.41) is 8.87. The standard InChI is InChI=1S/C16H23NO3/c1-4-17(9-10-18)16(20)8-7-15(19)14-6-5-12(2)13(3)11-14/h5-6,11,18H,4,7-10H2,1-3H3. The van der Waals surface area contributed by atoms with Gasteiger partial charge in [0.2, 0.25) is 5.91 Å². The predicted molar refractivity (Wildman–Crippen MR) is 78.8 cm³/mol. The van der Waals surface area contributed by atoms with Crippen LogP contribution in [0.15, 0.2) is 18.2 Å². The second kappa shape index (κ2) is 7.80. The van der Waals surface area contributed by atoms with E-state index in [1.807, 2.05) is 32.9 Å². The second-order valence-electron chi connectivity index (χ2n) is 4.92. The van der Waals surface area contributed by atoms with Crippen molar-refractivity contribution >= 4 is 11.7 Å². The molecule has 1 rings (SSSR count). The molecule has 1 aromatic carbocycles. The van der Waals surface area contributed by atoms with Crippen molar-refractivity contribution in [3.63, 3.8) is 0 Å². The van der Waals surface area contributed by atoms with Crippen LogP contribution in [0.4, 0.5) is 0 Å². The van der Waals surface area contributed by atoms with Crippen LogP contribution in [0.5, 0.6) is 0 Å². The van der Waals surface area contributed by atoms with E-state index >= 15 is 0 Å². The Balaban J connectivity index is 2.58. The minimum Gasteiger partial charge on any atom is -0.395 e. The van der Waals surface area contributed by atoms with E-state index in [0.29, 0.717) is 18.7 Å². The van der Waals surface area contributed by atoms with Gasteiger partial charge < -0.3 is 10.0 Å². The third-order valence-electron chi connectivity index (χ3n) is 3.50. The summed E-state index contributed by atoms with van der Waals surface area (Å²) in [5.41, 5.74) is 2.89. The first kappa shape index (κ1) is 16.4. The highest BCUT2D eigenvalue weighted by Gasteiger charge is 2.14. The number of amides is 1. The number of hydrogen-bond donors (Lipinski definition) is 1. The summed E-state index contributed by atoms with van der Waals surface area (Å²) < 4.78 is 0. The van der Waals surface area contributed by atoms with Gasteiger partial charge in [0.25, 0.3) is 0 Å². The Morgan fingerprint density at radius 1 is 1.15 bits per heavy atom. The maximum absolute atomic E-state index is 12.1. The Kier molecular flexibility index (Phi) is 6.39. The van der Waals surface area contributed by atoms with Gasteiger partial charge in [-0.3, -0.25) is 9.59 Å². The summed E-state index contributed by atoms with van der Waals surface area (Å²) in [7, 11) is 0. The van der Waals surface area contributed by atoms with Crippen molar-refractivity contribution in [3.8, 4) is 0 Å². The lowest BCUT2D eigenvalue weighted by molar-refractivity contribution is -0.131. The molecule has 0 spiro atoms. The maximum atomic E-state index is 12.1. The van der Waals surface area contributed by atoms with Crippen LogP contribution in [0.3, 0.4) is 0 Å². The molecule has 0 saturated heterocycles. The Hall–Kier alpha value is -1.68.